The predicted octanol–water partition coefficient (Wildman–Crippen LogP) is 1.53. The Hall–Kier alpha value is -2.83. The first kappa shape index (κ1) is 18.5. The van der Waals surface area contributed by atoms with Gasteiger partial charge in [0.1, 0.15) is 0 Å². The topological polar surface area (TPSA) is 82.4 Å². The lowest BCUT2D eigenvalue weighted by atomic mass is 10.2. The van der Waals surface area contributed by atoms with Crippen molar-refractivity contribution in [2.75, 3.05) is 13.7 Å². The molecule has 1 atom stereocenters. The maximum Gasteiger partial charge on any atom is 0.266 e. The van der Waals surface area contributed by atoms with Crippen molar-refractivity contribution in [3.05, 3.63) is 52.4 Å². The zero-order valence-electron chi connectivity index (χ0n) is 14.7. The van der Waals surface area contributed by atoms with Gasteiger partial charge >= 0.3 is 0 Å². The zero-order valence-corrected chi connectivity index (χ0v) is 14.7. The van der Waals surface area contributed by atoms with E-state index in [1.807, 2.05) is 19.1 Å². The molecule has 0 saturated heterocycles. The minimum atomic E-state index is -0.658. The maximum absolute atomic E-state index is 12.1. The fraction of sp³-hybridized carbons (Fsp3) is 0.389. The molecule has 0 aliphatic carbocycles. The number of amides is 1. The van der Waals surface area contributed by atoms with Crippen LogP contribution in [0.3, 0.4) is 0 Å². The molecule has 0 aliphatic heterocycles. The first-order chi connectivity index (χ1) is 12.0. The summed E-state index contributed by atoms with van der Waals surface area (Å²) in [6.07, 6.45) is 1.50. The van der Waals surface area contributed by atoms with E-state index in [1.54, 1.807) is 32.4 Å². The molecule has 0 aliphatic rings. The molecule has 1 unspecified atom stereocenters. The largest absolute Gasteiger partial charge is 0.493 e. The van der Waals surface area contributed by atoms with Crippen LogP contribution in [0.5, 0.6) is 11.5 Å². The fourth-order valence-electron chi connectivity index (χ4n) is 2.26. The van der Waals surface area contributed by atoms with Gasteiger partial charge in [-0.15, -0.1) is 0 Å². The Morgan fingerprint density at radius 1 is 1.32 bits per heavy atom. The van der Waals surface area contributed by atoms with E-state index in [9.17, 15) is 9.59 Å². The van der Waals surface area contributed by atoms with Crippen LogP contribution in [0, 0.1) is 6.92 Å². The number of benzene rings is 1. The van der Waals surface area contributed by atoms with Crippen molar-refractivity contribution in [3.8, 4) is 11.5 Å². The van der Waals surface area contributed by atoms with Gasteiger partial charge in [-0.05, 0) is 44.0 Å². The van der Waals surface area contributed by atoms with E-state index in [2.05, 4.69) is 10.4 Å². The van der Waals surface area contributed by atoms with E-state index in [0.29, 0.717) is 31.0 Å². The van der Waals surface area contributed by atoms with E-state index in [0.717, 1.165) is 5.56 Å². The summed E-state index contributed by atoms with van der Waals surface area (Å²) in [6, 6.07) is 8.58. The third-order valence-electron chi connectivity index (χ3n) is 3.62. The van der Waals surface area contributed by atoms with Crippen molar-refractivity contribution in [1.29, 1.82) is 0 Å². The second kappa shape index (κ2) is 8.86. The summed E-state index contributed by atoms with van der Waals surface area (Å²) in [5.74, 6) is 0.890. The number of methoxy groups -OCH3 is 1. The molecule has 0 fully saturated rings. The number of rotatable bonds is 8. The van der Waals surface area contributed by atoms with Crippen molar-refractivity contribution in [2.24, 2.45) is 0 Å². The van der Waals surface area contributed by atoms with Crippen molar-refractivity contribution in [3.63, 3.8) is 0 Å². The summed E-state index contributed by atoms with van der Waals surface area (Å²) < 4.78 is 12.3. The van der Waals surface area contributed by atoms with Gasteiger partial charge in [0.15, 0.2) is 17.6 Å². The summed E-state index contributed by atoms with van der Waals surface area (Å²) in [5, 5.41) is 6.76. The number of nitrogens with zero attached hydrogens (tertiary/aromatic N) is 2. The molecule has 7 nitrogen and oxygen atoms in total. The lowest BCUT2D eigenvalue weighted by molar-refractivity contribution is -0.127. The van der Waals surface area contributed by atoms with Crippen LogP contribution in [0.2, 0.25) is 0 Å². The molecule has 0 spiro atoms. The second-order valence-corrected chi connectivity index (χ2v) is 5.64. The van der Waals surface area contributed by atoms with Crippen LogP contribution < -0.4 is 20.3 Å². The van der Waals surface area contributed by atoms with Gasteiger partial charge in [-0.2, -0.15) is 5.10 Å². The lowest BCUT2D eigenvalue weighted by Crippen LogP contribution is -2.37. The van der Waals surface area contributed by atoms with Crippen LogP contribution in [-0.2, 0) is 11.3 Å². The molecule has 1 heterocycles. The highest BCUT2D eigenvalue weighted by Crippen LogP contribution is 2.28. The van der Waals surface area contributed by atoms with Crippen molar-refractivity contribution in [2.45, 2.75) is 32.9 Å². The van der Waals surface area contributed by atoms with Gasteiger partial charge in [0.05, 0.1) is 7.11 Å². The summed E-state index contributed by atoms with van der Waals surface area (Å²) in [4.78, 5) is 23.7. The SMILES string of the molecule is COc1cc(C)ccc1OC(C)C(=O)NCCCn1ncccc1=O. The van der Waals surface area contributed by atoms with Crippen LogP contribution in [0.25, 0.3) is 0 Å². The van der Waals surface area contributed by atoms with Crippen LogP contribution >= 0.6 is 0 Å². The minimum absolute atomic E-state index is 0.156. The number of nitrogens with one attached hydrogen (secondary N) is 1. The number of carbonyl (C=O) groups excluding carboxylic acids is 1. The minimum Gasteiger partial charge on any atom is -0.493 e. The molecule has 0 saturated carbocycles. The Labute approximate surface area is 146 Å². The van der Waals surface area contributed by atoms with E-state index < -0.39 is 6.10 Å². The Bertz CT molecular complexity index is 773. The average Bonchev–Trinajstić information content (AvgIpc) is 2.61. The normalized spacial score (nSPS) is 11.6. The quantitative estimate of drug-likeness (QED) is 0.734. The van der Waals surface area contributed by atoms with E-state index in [1.165, 1.54) is 10.7 Å². The van der Waals surface area contributed by atoms with E-state index in [4.69, 9.17) is 9.47 Å². The van der Waals surface area contributed by atoms with Crippen LogP contribution in [0.15, 0.2) is 41.3 Å². The Kier molecular flexibility index (Phi) is 6.56. The second-order valence-electron chi connectivity index (χ2n) is 5.64. The molecule has 25 heavy (non-hydrogen) atoms. The molecule has 7 heteroatoms. The summed E-state index contributed by atoms with van der Waals surface area (Å²) in [6.45, 7) is 4.51. The van der Waals surface area contributed by atoms with Gasteiger partial charge in [-0.3, -0.25) is 9.59 Å². The molecular formula is C18H23N3O4. The van der Waals surface area contributed by atoms with E-state index in [-0.39, 0.29) is 11.5 Å². The number of aryl methyl sites for hydroxylation is 2. The first-order valence-electron chi connectivity index (χ1n) is 8.12. The maximum atomic E-state index is 12.1. The molecule has 1 aromatic heterocycles. The summed E-state index contributed by atoms with van der Waals surface area (Å²) >= 11 is 0. The Morgan fingerprint density at radius 3 is 2.84 bits per heavy atom. The fourth-order valence-corrected chi connectivity index (χ4v) is 2.26. The molecule has 2 aromatic rings. The van der Waals surface area contributed by atoms with Gasteiger partial charge < -0.3 is 14.8 Å². The Balaban J connectivity index is 1.81. The van der Waals surface area contributed by atoms with Crippen molar-refractivity contribution < 1.29 is 14.3 Å². The highest BCUT2D eigenvalue weighted by Gasteiger charge is 2.16. The van der Waals surface area contributed by atoms with Gasteiger partial charge in [-0.25, -0.2) is 4.68 Å². The molecule has 1 aromatic carbocycles. The monoisotopic (exact) mass is 345 g/mol. The highest BCUT2D eigenvalue weighted by molar-refractivity contribution is 5.80. The molecule has 1 amide bonds. The molecule has 134 valence electrons. The van der Waals surface area contributed by atoms with Crippen LogP contribution in [0.4, 0.5) is 0 Å². The lowest BCUT2D eigenvalue weighted by Gasteiger charge is -2.17. The number of aromatic nitrogens is 2. The van der Waals surface area contributed by atoms with E-state index >= 15 is 0 Å². The van der Waals surface area contributed by atoms with Crippen molar-refractivity contribution in [1.82, 2.24) is 15.1 Å². The summed E-state index contributed by atoms with van der Waals surface area (Å²) in [7, 11) is 1.56. The number of hydrogen-bond acceptors (Lipinski definition) is 5. The van der Waals surface area contributed by atoms with Gasteiger partial charge in [0.25, 0.3) is 11.5 Å². The number of carbonyl (C=O) groups is 1. The van der Waals surface area contributed by atoms with Gasteiger partial charge in [0.2, 0.25) is 0 Å². The van der Waals surface area contributed by atoms with Crippen LogP contribution in [-0.4, -0.2) is 35.4 Å². The van der Waals surface area contributed by atoms with Crippen LogP contribution in [0.1, 0.15) is 18.9 Å². The highest BCUT2D eigenvalue weighted by atomic mass is 16.5. The molecule has 2 rings (SSSR count). The summed E-state index contributed by atoms with van der Waals surface area (Å²) in [5.41, 5.74) is 0.892. The standard InChI is InChI=1S/C18H23N3O4/c1-13-7-8-15(16(12-13)24-3)25-14(2)18(23)19-9-5-11-21-17(22)6-4-10-20-21/h4,6-8,10,12,14H,5,9,11H2,1-3H3,(H,19,23). The third-order valence-corrected chi connectivity index (χ3v) is 3.62. The average molecular weight is 345 g/mol. The molecular weight excluding hydrogens is 322 g/mol. The van der Waals surface area contributed by atoms with Crippen molar-refractivity contribution >= 4 is 5.91 Å². The third kappa shape index (κ3) is 5.34. The number of ether oxygens (including phenoxy) is 2. The molecule has 0 bridgehead atoms. The Morgan fingerprint density at radius 2 is 2.12 bits per heavy atom. The smallest absolute Gasteiger partial charge is 0.266 e. The molecule has 0 radical (unpaired) electrons. The van der Waals surface area contributed by atoms with Gasteiger partial charge in [-0.1, -0.05) is 6.07 Å². The zero-order chi connectivity index (χ0) is 18.2. The first-order valence-corrected chi connectivity index (χ1v) is 8.12. The molecule has 1 N–H and O–H groups in total. The number of hydrogen-bond donors (Lipinski definition) is 1. The van der Waals surface area contributed by atoms with Gasteiger partial charge in [0, 0.05) is 25.4 Å². The predicted molar refractivity (Wildman–Crippen MR) is 93.9 cm³/mol.